The number of carbonyl (C=O) groups is 2. The monoisotopic (exact) mass is 464 g/mol. The zero-order chi connectivity index (χ0) is 22.6. The third-order valence-electron chi connectivity index (χ3n) is 6.48. The van der Waals surface area contributed by atoms with Gasteiger partial charge in [0.05, 0.1) is 5.02 Å². The number of fused-ring (bicyclic) bond motifs is 2. The Morgan fingerprint density at radius 1 is 0.970 bits per heavy atom. The van der Waals surface area contributed by atoms with Crippen molar-refractivity contribution in [3.05, 3.63) is 65.4 Å². The molecule has 0 amide bonds. The zero-order valence-corrected chi connectivity index (χ0v) is 18.4. The van der Waals surface area contributed by atoms with Crippen molar-refractivity contribution < 1.29 is 19.1 Å². The predicted molar refractivity (Wildman–Crippen MR) is 124 cm³/mol. The van der Waals surface area contributed by atoms with E-state index in [2.05, 4.69) is 14.9 Å². The molecule has 1 spiro atoms. The maximum Gasteiger partial charge on any atom is 0.421 e. The number of benzene rings is 2. The Morgan fingerprint density at radius 3 is 2.61 bits per heavy atom. The minimum atomic E-state index is -1.46. The van der Waals surface area contributed by atoms with E-state index in [1.165, 1.54) is 0 Å². The minimum Gasteiger partial charge on any atom is -0.398 e. The van der Waals surface area contributed by atoms with Gasteiger partial charge in [-0.2, -0.15) is 0 Å². The van der Waals surface area contributed by atoms with Crippen LogP contribution in [0.4, 0.5) is 5.69 Å². The maximum atomic E-state index is 12.1. The molecule has 4 heterocycles. The molecule has 0 bridgehead atoms. The SMILES string of the molecule is O=C1OC2(CN(c3cccc4[nH]ccc34)CCN2CCc2c[nH]c3cccc(Cl)c23)OC1=O. The predicted octanol–water partition coefficient (Wildman–Crippen LogP) is 3.42. The molecule has 2 aliphatic rings. The molecule has 0 aliphatic carbocycles. The molecule has 6 rings (SSSR count). The van der Waals surface area contributed by atoms with Crippen LogP contribution in [0.1, 0.15) is 5.56 Å². The van der Waals surface area contributed by atoms with Gasteiger partial charge in [-0.3, -0.25) is 0 Å². The minimum absolute atomic E-state index is 0.226. The molecule has 2 fully saturated rings. The van der Waals surface area contributed by atoms with E-state index in [9.17, 15) is 9.59 Å². The zero-order valence-electron chi connectivity index (χ0n) is 17.6. The molecule has 2 N–H and O–H groups in total. The lowest BCUT2D eigenvalue weighted by molar-refractivity contribution is -0.250. The van der Waals surface area contributed by atoms with Gasteiger partial charge in [0.15, 0.2) is 0 Å². The van der Waals surface area contributed by atoms with E-state index in [1.54, 1.807) is 0 Å². The number of halogens is 1. The molecule has 4 aromatic rings. The van der Waals surface area contributed by atoms with Crippen LogP contribution in [-0.4, -0.2) is 58.9 Å². The highest BCUT2D eigenvalue weighted by Crippen LogP contribution is 2.35. The number of aromatic nitrogens is 2. The fourth-order valence-corrected chi connectivity index (χ4v) is 5.21. The third-order valence-corrected chi connectivity index (χ3v) is 6.80. The van der Waals surface area contributed by atoms with Crippen molar-refractivity contribution in [3.8, 4) is 0 Å². The summed E-state index contributed by atoms with van der Waals surface area (Å²) in [6, 6.07) is 13.8. The average molecular weight is 465 g/mol. The van der Waals surface area contributed by atoms with Crippen LogP contribution in [0.15, 0.2) is 54.9 Å². The number of rotatable bonds is 4. The van der Waals surface area contributed by atoms with Crippen LogP contribution in [0.25, 0.3) is 21.8 Å². The molecule has 2 aromatic carbocycles. The number of carbonyl (C=O) groups excluding carboxylic acids is 2. The number of nitrogens with zero attached hydrogens (tertiary/aromatic N) is 2. The molecule has 2 saturated heterocycles. The summed E-state index contributed by atoms with van der Waals surface area (Å²) < 4.78 is 11.1. The van der Waals surface area contributed by atoms with Gasteiger partial charge < -0.3 is 24.3 Å². The molecule has 0 atom stereocenters. The molecule has 0 radical (unpaired) electrons. The number of esters is 2. The van der Waals surface area contributed by atoms with Gasteiger partial charge in [0.25, 0.3) is 0 Å². The second-order valence-electron chi connectivity index (χ2n) is 8.34. The number of piperazine rings is 1. The first-order valence-electron chi connectivity index (χ1n) is 10.8. The Balaban J connectivity index is 1.29. The highest BCUT2D eigenvalue weighted by atomic mass is 35.5. The van der Waals surface area contributed by atoms with E-state index >= 15 is 0 Å². The van der Waals surface area contributed by atoms with E-state index in [0.717, 1.165) is 33.1 Å². The Labute approximate surface area is 194 Å². The maximum absolute atomic E-state index is 12.1. The smallest absolute Gasteiger partial charge is 0.398 e. The quantitative estimate of drug-likeness (QED) is 0.355. The first kappa shape index (κ1) is 20.1. The summed E-state index contributed by atoms with van der Waals surface area (Å²) in [6.45, 7) is 2.00. The molecule has 2 aromatic heterocycles. The number of nitrogens with one attached hydrogen (secondary N) is 2. The summed E-state index contributed by atoms with van der Waals surface area (Å²) in [7, 11) is 0. The number of aromatic amines is 2. The van der Waals surface area contributed by atoms with E-state index in [0.29, 0.717) is 31.1 Å². The molecule has 168 valence electrons. The van der Waals surface area contributed by atoms with Crippen molar-refractivity contribution in [1.29, 1.82) is 0 Å². The van der Waals surface area contributed by atoms with Gasteiger partial charge in [0, 0.05) is 59.5 Å². The van der Waals surface area contributed by atoms with Crippen LogP contribution in [0.2, 0.25) is 5.02 Å². The lowest BCUT2D eigenvalue weighted by atomic mass is 10.1. The van der Waals surface area contributed by atoms with Gasteiger partial charge in [0.1, 0.15) is 6.54 Å². The molecule has 9 heteroatoms. The Bertz CT molecular complexity index is 1380. The second kappa shape index (κ2) is 7.54. The van der Waals surface area contributed by atoms with E-state index < -0.39 is 17.8 Å². The lowest BCUT2D eigenvalue weighted by Gasteiger charge is -2.45. The summed E-state index contributed by atoms with van der Waals surface area (Å²) in [5, 5.41) is 2.72. The summed E-state index contributed by atoms with van der Waals surface area (Å²) in [6.07, 6.45) is 4.48. The van der Waals surface area contributed by atoms with Crippen LogP contribution in [0.5, 0.6) is 0 Å². The number of H-pyrrole nitrogens is 2. The standard InChI is InChI=1S/C24H21ClN4O4/c25-17-3-1-5-19-21(17)15(13-27-19)8-10-29-12-11-28(14-24(29)32-22(30)23(31)33-24)20-6-2-4-18-16(20)7-9-26-18/h1-7,9,13,26-27H,8,10-12,14H2. The van der Waals surface area contributed by atoms with Crippen molar-refractivity contribution >= 4 is 51.0 Å². The van der Waals surface area contributed by atoms with Crippen molar-refractivity contribution in [1.82, 2.24) is 14.9 Å². The van der Waals surface area contributed by atoms with Crippen molar-refractivity contribution in [2.45, 2.75) is 12.3 Å². The average Bonchev–Trinajstić information content (AvgIpc) is 3.51. The second-order valence-corrected chi connectivity index (χ2v) is 8.75. The summed E-state index contributed by atoms with van der Waals surface area (Å²) in [5.41, 5.74) is 4.03. The first-order valence-corrected chi connectivity index (χ1v) is 11.2. The number of ether oxygens (including phenoxy) is 2. The summed E-state index contributed by atoms with van der Waals surface area (Å²) in [5.74, 6) is -3.38. The molecule has 2 aliphatic heterocycles. The van der Waals surface area contributed by atoms with E-state index in [-0.39, 0.29) is 6.54 Å². The molecule has 0 saturated carbocycles. The first-order chi connectivity index (χ1) is 16.0. The Kier molecular flexibility index (Phi) is 4.60. The topological polar surface area (TPSA) is 90.7 Å². The molecular weight excluding hydrogens is 444 g/mol. The van der Waals surface area contributed by atoms with Crippen molar-refractivity contribution in [3.63, 3.8) is 0 Å². The van der Waals surface area contributed by atoms with Crippen LogP contribution in [0, 0.1) is 0 Å². The largest absolute Gasteiger partial charge is 0.421 e. The Morgan fingerprint density at radius 2 is 1.76 bits per heavy atom. The van der Waals surface area contributed by atoms with Gasteiger partial charge in [-0.1, -0.05) is 23.7 Å². The van der Waals surface area contributed by atoms with Gasteiger partial charge in [-0.15, -0.1) is 0 Å². The van der Waals surface area contributed by atoms with Crippen LogP contribution in [-0.2, 0) is 25.5 Å². The van der Waals surface area contributed by atoms with Crippen LogP contribution < -0.4 is 4.90 Å². The van der Waals surface area contributed by atoms with Gasteiger partial charge in [-0.05, 0) is 42.3 Å². The molecular formula is C24H21ClN4O4. The highest BCUT2D eigenvalue weighted by Gasteiger charge is 2.56. The fourth-order valence-electron chi connectivity index (χ4n) is 4.91. The Hall–Kier alpha value is -3.49. The third kappa shape index (κ3) is 3.25. The summed E-state index contributed by atoms with van der Waals surface area (Å²) >= 11 is 6.43. The van der Waals surface area contributed by atoms with E-state index in [4.69, 9.17) is 21.1 Å². The highest BCUT2D eigenvalue weighted by molar-refractivity contribution is 6.35. The number of hydrogen-bond acceptors (Lipinski definition) is 6. The molecule has 0 unspecified atom stereocenters. The van der Waals surface area contributed by atoms with Crippen LogP contribution in [0.3, 0.4) is 0 Å². The number of hydrogen-bond donors (Lipinski definition) is 2. The summed E-state index contributed by atoms with van der Waals surface area (Å²) in [4.78, 5) is 34.7. The van der Waals surface area contributed by atoms with Crippen molar-refractivity contribution in [2.75, 3.05) is 31.1 Å². The van der Waals surface area contributed by atoms with Gasteiger partial charge >= 0.3 is 17.8 Å². The molecule has 8 nitrogen and oxygen atoms in total. The van der Waals surface area contributed by atoms with Crippen LogP contribution >= 0.6 is 11.6 Å². The van der Waals surface area contributed by atoms with Crippen molar-refractivity contribution in [2.24, 2.45) is 0 Å². The number of anilines is 1. The lowest BCUT2D eigenvalue weighted by Crippen LogP contribution is -2.64. The van der Waals surface area contributed by atoms with Gasteiger partial charge in [0.2, 0.25) is 0 Å². The van der Waals surface area contributed by atoms with E-state index in [1.807, 2.05) is 59.8 Å². The van der Waals surface area contributed by atoms with Gasteiger partial charge in [-0.25, -0.2) is 14.5 Å². The molecule has 33 heavy (non-hydrogen) atoms. The fraction of sp³-hybridized carbons (Fsp3) is 0.250. The normalized spacial score (nSPS) is 18.4.